The summed E-state index contributed by atoms with van der Waals surface area (Å²) in [7, 11) is -3.41. The lowest BCUT2D eigenvalue weighted by molar-refractivity contribution is 0.0982. The fourth-order valence-electron chi connectivity index (χ4n) is 2.71. The van der Waals surface area contributed by atoms with Gasteiger partial charge in [-0.15, -0.1) is 0 Å². The number of carbonyl (C=O) groups excluding carboxylic acids is 1. The van der Waals surface area contributed by atoms with Crippen LogP contribution in [-0.2, 0) is 10.0 Å². The van der Waals surface area contributed by atoms with E-state index in [9.17, 15) is 13.2 Å². The Labute approximate surface area is 141 Å². The number of aryl methyl sites for hydroxylation is 1. The van der Waals surface area contributed by atoms with Gasteiger partial charge < -0.3 is 4.90 Å². The Hall–Kier alpha value is -2.48. The molecule has 1 aromatic carbocycles. The number of para-hydroxylation sites is 2. The van der Waals surface area contributed by atoms with Crippen molar-refractivity contribution in [1.29, 1.82) is 0 Å². The van der Waals surface area contributed by atoms with Gasteiger partial charge in [-0.25, -0.2) is 13.4 Å². The van der Waals surface area contributed by atoms with Crippen molar-refractivity contribution in [2.24, 2.45) is 0 Å². The molecule has 0 atom stereocenters. The first-order valence-corrected chi connectivity index (χ1v) is 9.40. The van der Waals surface area contributed by atoms with Crippen molar-refractivity contribution in [3.05, 3.63) is 48.0 Å². The lowest BCUT2D eigenvalue weighted by atomic mass is 10.2. The van der Waals surface area contributed by atoms with Crippen molar-refractivity contribution >= 4 is 27.3 Å². The predicted molar refractivity (Wildman–Crippen MR) is 91.7 cm³/mol. The number of carbonyl (C=O) groups is 1. The van der Waals surface area contributed by atoms with E-state index in [1.807, 2.05) is 0 Å². The molecular formula is C16H18N4O3S. The van der Waals surface area contributed by atoms with E-state index in [0.29, 0.717) is 30.9 Å². The van der Waals surface area contributed by atoms with E-state index in [4.69, 9.17) is 0 Å². The molecule has 0 bridgehead atoms. The summed E-state index contributed by atoms with van der Waals surface area (Å²) < 4.78 is 25.5. The Morgan fingerprint density at radius 1 is 1.08 bits per heavy atom. The molecule has 3 rings (SSSR count). The SMILES string of the molecule is Cc1cnc(C(=O)N2CCCN(S(C)(=O)=O)c3ccccc32)cn1. The smallest absolute Gasteiger partial charge is 0.278 e. The maximum Gasteiger partial charge on any atom is 0.278 e. The van der Waals surface area contributed by atoms with Crippen molar-refractivity contribution < 1.29 is 13.2 Å². The first kappa shape index (κ1) is 16.4. The molecule has 126 valence electrons. The van der Waals surface area contributed by atoms with Crippen molar-refractivity contribution in [3.63, 3.8) is 0 Å². The minimum Gasteiger partial charge on any atom is -0.305 e. The lowest BCUT2D eigenvalue weighted by Gasteiger charge is -2.25. The number of anilines is 2. The first-order valence-electron chi connectivity index (χ1n) is 7.55. The number of benzene rings is 1. The summed E-state index contributed by atoms with van der Waals surface area (Å²) in [6, 6.07) is 7.00. The zero-order chi connectivity index (χ0) is 17.3. The van der Waals surface area contributed by atoms with Gasteiger partial charge in [0, 0.05) is 19.3 Å². The van der Waals surface area contributed by atoms with E-state index in [-0.39, 0.29) is 11.6 Å². The molecule has 2 aromatic rings. The second-order valence-corrected chi connectivity index (χ2v) is 7.58. The molecule has 2 heterocycles. The number of hydrogen-bond donors (Lipinski definition) is 0. The number of hydrogen-bond acceptors (Lipinski definition) is 5. The highest BCUT2D eigenvalue weighted by Crippen LogP contribution is 2.34. The zero-order valence-corrected chi connectivity index (χ0v) is 14.3. The van der Waals surface area contributed by atoms with E-state index < -0.39 is 10.0 Å². The average molecular weight is 346 g/mol. The maximum absolute atomic E-state index is 12.8. The van der Waals surface area contributed by atoms with Gasteiger partial charge in [0.05, 0.1) is 29.5 Å². The van der Waals surface area contributed by atoms with Crippen LogP contribution in [0.1, 0.15) is 22.6 Å². The normalized spacial score (nSPS) is 14.9. The molecule has 1 aromatic heterocycles. The largest absolute Gasteiger partial charge is 0.305 e. The summed E-state index contributed by atoms with van der Waals surface area (Å²) in [4.78, 5) is 22.7. The molecule has 0 radical (unpaired) electrons. The molecule has 7 nitrogen and oxygen atoms in total. The van der Waals surface area contributed by atoms with Crippen LogP contribution < -0.4 is 9.21 Å². The Kier molecular flexibility index (Phi) is 4.23. The van der Waals surface area contributed by atoms with Crippen LogP contribution in [0.5, 0.6) is 0 Å². The van der Waals surface area contributed by atoms with Gasteiger partial charge in [-0.05, 0) is 25.5 Å². The average Bonchev–Trinajstić information content (AvgIpc) is 2.74. The van der Waals surface area contributed by atoms with Gasteiger partial charge in [-0.2, -0.15) is 0 Å². The van der Waals surface area contributed by atoms with Gasteiger partial charge in [0.2, 0.25) is 10.0 Å². The summed E-state index contributed by atoms with van der Waals surface area (Å²) in [5.74, 6) is -0.287. The summed E-state index contributed by atoms with van der Waals surface area (Å²) >= 11 is 0. The van der Waals surface area contributed by atoms with Crippen molar-refractivity contribution in [2.45, 2.75) is 13.3 Å². The molecule has 0 unspecified atom stereocenters. The minimum atomic E-state index is -3.41. The second kappa shape index (κ2) is 6.20. The van der Waals surface area contributed by atoms with Gasteiger partial charge in [-0.3, -0.25) is 14.1 Å². The van der Waals surface area contributed by atoms with Gasteiger partial charge in [0.1, 0.15) is 5.69 Å². The fourth-order valence-corrected chi connectivity index (χ4v) is 3.69. The quantitative estimate of drug-likeness (QED) is 0.825. The Balaban J connectivity index is 2.05. The van der Waals surface area contributed by atoms with Crippen LogP contribution in [0.2, 0.25) is 0 Å². The van der Waals surface area contributed by atoms with Crippen LogP contribution in [0.3, 0.4) is 0 Å². The molecule has 0 fully saturated rings. The Morgan fingerprint density at radius 3 is 2.42 bits per heavy atom. The predicted octanol–water partition coefficient (Wildman–Crippen LogP) is 1.60. The molecule has 0 aliphatic carbocycles. The topological polar surface area (TPSA) is 83.5 Å². The van der Waals surface area contributed by atoms with Crippen LogP contribution in [0, 0.1) is 6.92 Å². The number of amides is 1. The van der Waals surface area contributed by atoms with Gasteiger partial charge in [0.25, 0.3) is 5.91 Å². The molecule has 0 spiro atoms. The molecule has 24 heavy (non-hydrogen) atoms. The van der Waals surface area contributed by atoms with Crippen LogP contribution in [-0.4, -0.2) is 43.6 Å². The molecule has 1 amide bonds. The highest BCUT2D eigenvalue weighted by molar-refractivity contribution is 7.92. The van der Waals surface area contributed by atoms with Crippen LogP contribution in [0.15, 0.2) is 36.7 Å². The zero-order valence-electron chi connectivity index (χ0n) is 13.5. The second-order valence-electron chi connectivity index (χ2n) is 5.68. The Morgan fingerprint density at radius 2 is 1.79 bits per heavy atom. The molecule has 1 aliphatic rings. The van der Waals surface area contributed by atoms with Crippen molar-refractivity contribution in [1.82, 2.24) is 9.97 Å². The third kappa shape index (κ3) is 3.09. The standard InChI is InChI=1S/C16H18N4O3S/c1-12-10-18-13(11-17-12)16(21)19-8-5-9-20(24(2,22)23)15-7-4-3-6-14(15)19/h3-4,6-7,10-11H,5,8-9H2,1-2H3. The molecule has 1 aliphatic heterocycles. The van der Waals surface area contributed by atoms with Crippen LogP contribution >= 0.6 is 0 Å². The molecule has 8 heteroatoms. The van der Waals surface area contributed by atoms with Crippen LogP contribution in [0.25, 0.3) is 0 Å². The third-order valence-electron chi connectivity index (χ3n) is 3.83. The molecular weight excluding hydrogens is 328 g/mol. The van der Waals surface area contributed by atoms with Gasteiger partial charge >= 0.3 is 0 Å². The van der Waals surface area contributed by atoms with Crippen molar-refractivity contribution in [2.75, 3.05) is 28.6 Å². The number of aromatic nitrogens is 2. The lowest BCUT2D eigenvalue weighted by Crippen LogP contribution is -2.32. The summed E-state index contributed by atoms with van der Waals surface area (Å²) in [5.41, 5.74) is 2.04. The van der Waals surface area contributed by atoms with Gasteiger partial charge in [-0.1, -0.05) is 12.1 Å². The van der Waals surface area contributed by atoms with E-state index >= 15 is 0 Å². The summed E-state index contributed by atoms with van der Waals surface area (Å²) in [6.07, 6.45) is 4.69. The monoisotopic (exact) mass is 346 g/mol. The van der Waals surface area contributed by atoms with E-state index in [1.54, 1.807) is 42.3 Å². The molecule has 0 saturated heterocycles. The number of sulfonamides is 1. The highest BCUT2D eigenvalue weighted by Gasteiger charge is 2.29. The molecule has 0 saturated carbocycles. The summed E-state index contributed by atoms with van der Waals surface area (Å²) in [6.45, 7) is 2.54. The first-order chi connectivity index (χ1) is 11.4. The third-order valence-corrected chi connectivity index (χ3v) is 5.01. The highest BCUT2D eigenvalue weighted by atomic mass is 32.2. The van der Waals surface area contributed by atoms with E-state index in [1.165, 1.54) is 16.8 Å². The van der Waals surface area contributed by atoms with Crippen molar-refractivity contribution in [3.8, 4) is 0 Å². The molecule has 0 N–H and O–H groups in total. The number of rotatable bonds is 2. The van der Waals surface area contributed by atoms with E-state index in [2.05, 4.69) is 9.97 Å². The number of nitrogens with zero attached hydrogens (tertiary/aromatic N) is 4. The van der Waals surface area contributed by atoms with E-state index in [0.717, 1.165) is 5.69 Å². The van der Waals surface area contributed by atoms with Crippen LogP contribution in [0.4, 0.5) is 11.4 Å². The maximum atomic E-state index is 12.8. The summed E-state index contributed by atoms with van der Waals surface area (Å²) in [5, 5.41) is 0. The minimum absolute atomic E-state index is 0.239. The fraction of sp³-hybridized carbons (Fsp3) is 0.312. The number of fused-ring (bicyclic) bond motifs is 1. The van der Waals surface area contributed by atoms with Gasteiger partial charge in [0.15, 0.2) is 0 Å². The Bertz CT molecular complexity index is 865.